The van der Waals surface area contributed by atoms with Crippen LogP contribution in [0.2, 0.25) is 0 Å². The first-order valence-electron chi connectivity index (χ1n) is 3.10. The van der Waals surface area contributed by atoms with Gasteiger partial charge in [0.1, 0.15) is 5.75 Å². The zero-order chi connectivity index (χ0) is 8.27. The van der Waals surface area contributed by atoms with Crippen LogP contribution in [0.3, 0.4) is 0 Å². The van der Waals surface area contributed by atoms with Crippen LogP contribution in [0.1, 0.15) is 5.56 Å². The number of rotatable bonds is 2. The van der Waals surface area contributed by atoms with Crippen molar-refractivity contribution >= 4 is 5.97 Å². The van der Waals surface area contributed by atoms with E-state index in [1.807, 2.05) is 0 Å². The Morgan fingerprint density at radius 3 is 2.91 bits per heavy atom. The van der Waals surface area contributed by atoms with Crippen molar-refractivity contribution in [1.82, 2.24) is 0 Å². The van der Waals surface area contributed by atoms with Gasteiger partial charge in [-0.3, -0.25) is 4.79 Å². The molecule has 0 atom stereocenters. The van der Waals surface area contributed by atoms with Gasteiger partial charge in [0.2, 0.25) is 0 Å². The van der Waals surface area contributed by atoms with Crippen molar-refractivity contribution in [3.8, 4) is 5.75 Å². The van der Waals surface area contributed by atoms with E-state index in [1.54, 1.807) is 6.07 Å². The van der Waals surface area contributed by atoms with Crippen LogP contribution in [0.5, 0.6) is 5.75 Å². The van der Waals surface area contributed by atoms with Gasteiger partial charge in [-0.15, -0.1) is 0 Å². The van der Waals surface area contributed by atoms with Crippen molar-refractivity contribution in [3.05, 3.63) is 29.8 Å². The van der Waals surface area contributed by atoms with Gasteiger partial charge in [0.05, 0.1) is 6.42 Å². The van der Waals surface area contributed by atoms with Gasteiger partial charge in [-0.1, -0.05) is 12.1 Å². The molecular weight excluding hydrogens is 144 g/mol. The van der Waals surface area contributed by atoms with Crippen molar-refractivity contribution in [3.63, 3.8) is 0 Å². The average molecular weight is 151 g/mol. The van der Waals surface area contributed by atoms with Crippen LogP contribution in [0.25, 0.3) is 0 Å². The Balaban J connectivity index is 2.86. The van der Waals surface area contributed by atoms with E-state index in [2.05, 4.69) is 6.07 Å². The number of phenols is 1. The summed E-state index contributed by atoms with van der Waals surface area (Å²) >= 11 is 0. The van der Waals surface area contributed by atoms with Crippen LogP contribution in [0.4, 0.5) is 0 Å². The lowest BCUT2D eigenvalue weighted by atomic mass is 10.1. The Morgan fingerprint density at radius 1 is 1.64 bits per heavy atom. The monoisotopic (exact) mass is 151 g/mol. The molecular formula is C8H7O3. The minimum atomic E-state index is -0.952. The molecule has 0 saturated heterocycles. The number of hydrogen-bond donors (Lipinski definition) is 2. The van der Waals surface area contributed by atoms with E-state index in [-0.39, 0.29) is 12.2 Å². The summed E-state index contributed by atoms with van der Waals surface area (Å²) in [6.07, 6.45) is -0.152. The summed E-state index contributed by atoms with van der Waals surface area (Å²) in [4.78, 5) is 10.2. The zero-order valence-corrected chi connectivity index (χ0v) is 5.74. The maximum Gasteiger partial charge on any atom is 0.307 e. The number of aliphatic carboxylic acids is 1. The SMILES string of the molecule is O=C(O)Cc1cc[c]cc1O. The van der Waals surface area contributed by atoms with Crippen molar-refractivity contribution in [2.75, 3.05) is 0 Å². The third kappa shape index (κ3) is 1.97. The number of phenolic OH excluding ortho intramolecular Hbond substituents is 1. The first-order valence-corrected chi connectivity index (χ1v) is 3.10. The average Bonchev–Trinajstić information content (AvgIpc) is 1.93. The second-order valence-corrected chi connectivity index (χ2v) is 2.13. The quantitative estimate of drug-likeness (QED) is 0.657. The highest BCUT2D eigenvalue weighted by molar-refractivity contribution is 5.71. The standard InChI is InChI=1S/C8H7O3/c9-7-4-2-1-3-6(7)5-8(10)11/h1,3-4,9H,5H2,(H,10,11). The normalized spacial score (nSPS) is 9.45. The van der Waals surface area contributed by atoms with Gasteiger partial charge in [-0.2, -0.15) is 0 Å². The molecule has 0 aliphatic heterocycles. The molecule has 0 bridgehead atoms. The molecule has 0 heterocycles. The fraction of sp³-hybridized carbons (Fsp3) is 0.125. The fourth-order valence-electron chi connectivity index (χ4n) is 0.766. The van der Waals surface area contributed by atoms with Gasteiger partial charge < -0.3 is 10.2 Å². The van der Waals surface area contributed by atoms with Gasteiger partial charge in [0, 0.05) is 5.56 Å². The molecule has 0 aromatic heterocycles. The molecule has 11 heavy (non-hydrogen) atoms. The number of benzene rings is 1. The maximum atomic E-state index is 10.2. The minimum Gasteiger partial charge on any atom is -0.508 e. The lowest BCUT2D eigenvalue weighted by Gasteiger charge is -1.98. The second kappa shape index (κ2) is 3.05. The topological polar surface area (TPSA) is 57.5 Å². The molecule has 2 N–H and O–H groups in total. The Bertz CT molecular complexity index is 268. The van der Waals surface area contributed by atoms with Crippen molar-refractivity contribution in [1.29, 1.82) is 0 Å². The molecule has 0 amide bonds. The van der Waals surface area contributed by atoms with E-state index in [9.17, 15) is 4.79 Å². The molecule has 0 aliphatic rings. The highest BCUT2D eigenvalue weighted by Gasteiger charge is 2.03. The van der Waals surface area contributed by atoms with Gasteiger partial charge >= 0.3 is 5.97 Å². The van der Waals surface area contributed by atoms with Gasteiger partial charge in [0.25, 0.3) is 0 Å². The zero-order valence-electron chi connectivity index (χ0n) is 5.74. The van der Waals surface area contributed by atoms with E-state index in [1.165, 1.54) is 12.1 Å². The Labute approximate surface area is 63.9 Å². The van der Waals surface area contributed by atoms with Crippen LogP contribution < -0.4 is 0 Å². The van der Waals surface area contributed by atoms with E-state index >= 15 is 0 Å². The van der Waals surface area contributed by atoms with Crippen LogP contribution in [-0.4, -0.2) is 16.2 Å². The molecule has 0 fully saturated rings. The smallest absolute Gasteiger partial charge is 0.307 e. The van der Waals surface area contributed by atoms with E-state index in [4.69, 9.17) is 10.2 Å². The van der Waals surface area contributed by atoms with Crippen molar-refractivity contribution < 1.29 is 15.0 Å². The maximum absolute atomic E-state index is 10.2. The summed E-state index contributed by atoms with van der Waals surface area (Å²) in [5, 5.41) is 17.4. The largest absolute Gasteiger partial charge is 0.508 e. The van der Waals surface area contributed by atoms with Gasteiger partial charge in [-0.05, 0) is 12.1 Å². The van der Waals surface area contributed by atoms with Gasteiger partial charge in [-0.25, -0.2) is 0 Å². The molecule has 1 aromatic carbocycles. The molecule has 1 aromatic rings. The van der Waals surface area contributed by atoms with Crippen molar-refractivity contribution in [2.24, 2.45) is 0 Å². The number of carboxylic acid groups (broad SMARTS) is 1. The van der Waals surface area contributed by atoms with Crippen molar-refractivity contribution in [2.45, 2.75) is 6.42 Å². The summed E-state index contributed by atoms with van der Waals surface area (Å²) in [6, 6.07) is 7.08. The minimum absolute atomic E-state index is 0.0186. The Kier molecular flexibility index (Phi) is 2.11. The van der Waals surface area contributed by atoms with Crippen LogP contribution >= 0.6 is 0 Å². The number of carboxylic acids is 1. The van der Waals surface area contributed by atoms with Crippen LogP contribution in [-0.2, 0) is 11.2 Å². The molecule has 1 rings (SSSR count). The summed E-state index contributed by atoms with van der Waals surface area (Å²) in [6.45, 7) is 0. The Morgan fingerprint density at radius 2 is 2.36 bits per heavy atom. The lowest BCUT2D eigenvalue weighted by Crippen LogP contribution is -1.99. The van der Waals surface area contributed by atoms with Gasteiger partial charge in [0.15, 0.2) is 0 Å². The van der Waals surface area contributed by atoms with Crippen LogP contribution in [0.15, 0.2) is 18.2 Å². The predicted octanol–water partition coefficient (Wildman–Crippen LogP) is 0.819. The Hall–Kier alpha value is -1.51. The van der Waals surface area contributed by atoms with E-state index in [0.717, 1.165) is 0 Å². The summed E-state index contributed by atoms with van der Waals surface area (Å²) < 4.78 is 0. The first-order chi connectivity index (χ1) is 5.20. The molecule has 0 spiro atoms. The molecule has 0 unspecified atom stereocenters. The third-order valence-corrected chi connectivity index (χ3v) is 1.27. The second-order valence-electron chi connectivity index (χ2n) is 2.13. The molecule has 3 nitrogen and oxygen atoms in total. The summed E-state index contributed by atoms with van der Waals surface area (Å²) in [5.41, 5.74) is 0.413. The predicted molar refractivity (Wildman–Crippen MR) is 38.3 cm³/mol. The van der Waals surface area contributed by atoms with Crippen LogP contribution in [0, 0.1) is 6.07 Å². The third-order valence-electron chi connectivity index (χ3n) is 1.27. The number of aromatic hydroxyl groups is 1. The van der Waals surface area contributed by atoms with E-state index < -0.39 is 5.97 Å². The highest BCUT2D eigenvalue weighted by atomic mass is 16.4. The molecule has 3 heteroatoms. The summed E-state index contributed by atoms with van der Waals surface area (Å²) in [7, 11) is 0. The number of hydrogen-bond acceptors (Lipinski definition) is 2. The number of carbonyl (C=O) groups is 1. The summed E-state index contributed by atoms with van der Waals surface area (Å²) in [5.74, 6) is -0.971. The fourth-order valence-corrected chi connectivity index (χ4v) is 0.766. The molecule has 0 aliphatic carbocycles. The lowest BCUT2D eigenvalue weighted by molar-refractivity contribution is -0.136. The van der Waals surface area contributed by atoms with E-state index in [0.29, 0.717) is 5.56 Å². The molecule has 57 valence electrons. The first kappa shape index (κ1) is 7.60. The molecule has 1 radical (unpaired) electrons. The molecule has 0 saturated carbocycles. The highest BCUT2D eigenvalue weighted by Crippen LogP contribution is 2.15.